The topological polar surface area (TPSA) is 71.1 Å². The van der Waals surface area contributed by atoms with Gasteiger partial charge in [-0.15, -0.1) is 0 Å². The van der Waals surface area contributed by atoms with E-state index in [2.05, 4.69) is 0 Å². The average molecular weight is 507 g/mol. The molecule has 0 aromatic heterocycles. The molecule has 0 radical (unpaired) electrons. The standard InChI is InChI=1S/C32H26O6/c33-31(37-21-19-35-29-13-5-9-23-7-1-3-11-27(23)29)25-15-17-26(18-16-25)32(34)38-22-20-36-30-14-6-10-24-8-2-4-12-28(24)30/h1-18H,19-22H2. The van der Waals surface area contributed by atoms with Crippen LogP contribution in [-0.2, 0) is 9.47 Å². The fourth-order valence-electron chi connectivity index (χ4n) is 4.12. The number of fused-ring (bicyclic) bond motifs is 2. The molecule has 0 unspecified atom stereocenters. The number of esters is 2. The Labute approximate surface area is 220 Å². The predicted molar refractivity (Wildman–Crippen MR) is 146 cm³/mol. The summed E-state index contributed by atoms with van der Waals surface area (Å²) in [4.78, 5) is 24.8. The highest BCUT2D eigenvalue weighted by atomic mass is 16.6. The Hall–Kier alpha value is -4.84. The molecule has 0 atom stereocenters. The Morgan fingerprint density at radius 2 is 0.842 bits per heavy atom. The third-order valence-electron chi connectivity index (χ3n) is 6.00. The molecule has 0 N–H and O–H groups in total. The molecule has 5 rings (SSSR count). The maximum Gasteiger partial charge on any atom is 0.338 e. The lowest BCUT2D eigenvalue weighted by Gasteiger charge is -2.11. The fourth-order valence-corrected chi connectivity index (χ4v) is 4.12. The Morgan fingerprint density at radius 3 is 1.29 bits per heavy atom. The van der Waals surface area contributed by atoms with Gasteiger partial charge < -0.3 is 18.9 Å². The van der Waals surface area contributed by atoms with Gasteiger partial charge in [-0.1, -0.05) is 72.8 Å². The second-order valence-electron chi connectivity index (χ2n) is 8.50. The second kappa shape index (κ2) is 11.9. The molecule has 0 amide bonds. The number of hydrogen-bond donors (Lipinski definition) is 0. The van der Waals surface area contributed by atoms with Crippen molar-refractivity contribution < 1.29 is 28.5 Å². The molecule has 5 aromatic rings. The van der Waals surface area contributed by atoms with Gasteiger partial charge in [-0.05, 0) is 47.2 Å². The van der Waals surface area contributed by atoms with Crippen LogP contribution in [-0.4, -0.2) is 38.4 Å². The van der Waals surface area contributed by atoms with Crippen LogP contribution in [0.2, 0.25) is 0 Å². The van der Waals surface area contributed by atoms with Gasteiger partial charge >= 0.3 is 11.9 Å². The van der Waals surface area contributed by atoms with Gasteiger partial charge in [0.2, 0.25) is 0 Å². The summed E-state index contributed by atoms with van der Waals surface area (Å²) in [7, 11) is 0. The highest BCUT2D eigenvalue weighted by Gasteiger charge is 2.12. The Balaban J connectivity index is 1.05. The number of carbonyl (C=O) groups excluding carboxylic acids is 2. The van der Waals surface area contributed by atoms with Crippen molar-refractivity contribution >= 4 is 33.5 Å². The molecular formula is C32H26O6. The summed E-state index contributed by atoms with van der Waals surface area (Å²) in [6.07, 6.45) is 0. The second-order valence-corrected chi connectivity index (χ2v) is 8.50. The normalized spacial score (nSPS) is 10.7. The van der Waals surface area contributed by atoms with E-state index in [1.807, 2.05) is 84.9 Å². The predicted octanol–water partition coefficient (Wildman–Crippen LogP) is 6.46. The summed E-state index contributed by atoms with van der Waals surface area (Å²) in [6.45, 7) is 0.654. The molecule has 0 saturated heterocycles. The maximum atomic E-state index is 12.4. The van der Waals surface area contributed by atoms with Crippen molar-refractivity contribution in [2.75, 3.05) is 26.4 Å². The Bertz CT molecular complexity index is 1430. The van der Waals surface area contributed by atoms with Crippen molar-refractivity contribution in [2.24, 2.45) is 0 Å². The zero-order valence-electron chi connectivity index (χ0n) is 20.7. The number of ether oxygens (including phenoxy) is 4. The van der Waals surface area contributed by atoms with Gasteiger partial charge in [0.15, 0.2) is 0 Å². The van der Waals surface area contributed by atoms with Gasteiger partial charge in [0.05, 0.1) is 11.1 Å². The highest BCUT2D eigenvalue weighted by Crippen LogP contribution is 2.26. The maximum absolute atomic E-state index is 12.4. The van der Waals surface area contributed by atoms with E-state index in [4.69, 9.17) is 18.9 Å². The van der Waals surface area contributed by atoms with E-state index in [-0.39, 0.29) is 26.4 Å². The molecule has 0 aliphatic heterocycles. The average Bonchev–Trinajstić information content (AvgIpc) is 2.97. The molecule has 0 aliphatic carbocycles. The summed E-state index contributed by atoms with van der Waals surface area (Å²) in [5.74, 6) is 0.499. The van der Waals surface area contributed by atoms with Crippen molar-refractivity contribution in [2.45, 2.75) is 0 Å². The summed E-state index contributed by atoms with van der Waals surface area (Å²) in [6, 6.07) is 33.7. The van der Waals surface area contributed by atoms with E-state index in [1.165, 1.54) is 24.3 Å². The molecule has 0 fully saturated rings. The van der Waals surface area contributed by atoms with E-state index < -0.39 is 11.9 Å². The van der Waals surface area contributed by atoms with Gasteiger partial charge in [0.1, 0.15) is 37.9 Å². The molecule has 0 saturated carbocycles. The van der Waals surface area contributed by atoms with Crippen molar-refractivity contribution in [1.29, 1.82) is 0 Å². The van der Waals surface area contributed by atoms with Gasteiger partial charge in [0, 0.05) is 10.8 Å². The zero-order valence-corrected chi connectivity index (χ0v) is 20.7. The molecule has 0 spiro atoms. The van der Waals surface area contributed by atoms with Crippen molar-refractivity contribution in [3.05, 3.63) is 120 Å². The van der Waals surface area contributed by atoms with Crippen molar-refractivity contribution in [3.63, 3.8) is 0 Å². The Morgan fingerprint density at radius 1 is 0.447 bits per heavy atom. The van der Waals surface area contributed by atoms with Gasteiger partial charge in [-0.25, -0.2) is 9.59 Å². The SMILES string of the molecule is O=C(OCCOc1cccc2ccccc12)c1ccc(C(=O)OCCOc2cccc3ccccc23)cc1. The first-order valence-electron chi connectivity index (χ1n) is 12.3. The van der Waals surface area contributed by atoms with Gasteiger partial charge in [-0.3, -0.25) is 0 Å². The van der Waals surface area contributed by atoms with Crippen LogP contribution in [0.3, 0.4) is 0 Å². The summed E-state index contributed by atoms with van der Waals surface area (Å²) >= 11 is 0. The lowest BCUT2D eigenvalue weighted by molar-refractivity contribution is 0.0438. The van der Waals surface area contributed by atoms with Gasteiger partial charge in [0.25, 0.3) is 0 Å². The molecule has 38 heavy (non-hydrogen) atoms. The minimum Gasteiger partial charge on any atom is -0.489 e. The molecule has 0 heterocycles. The van der Waals surface area contributed by atoms with E-state index in [1.54, 1.807) is 0 Å². The smallest absolute Gasteiger partial charge is 0.338 e. The number of benzene rings is 5. The van der Waals surface area contributed by atoms with Crippen LogP contribution >= 0.6 is 0 Å². The molecule has 6 nitrogen and oxygen atoms in total. The summed E-state index contributed by atoms with van der Waals surface area (Å²) in [5, 5.41) is 4.17. The quantitative estimate of drug-likeness (QED) is 0.160. The molecule has 190 valence electrons. The molecule has 0 aliphatic rings. The molecular weight excluding hydrogens is 480 g/mol. The third kappa shape index (κ3) is 5.93. The third-order valence-corrected chi connectivity index (χ3v) is 6.00. The summed E-state index contributed by atoms with van der Waals surface area (Å²) in [5.41, 5.74) is 0.678. The minimum absolute atomic E-state index is 0.0998. The van der Waals surface area contributed by atoms with E-state index in [0.29, 0.717) is 11.1 Å². The van der Waals surface area contributed by atoms with Crippen LogP contribution in [0.4, 0.5) is 0 Å². The first kappa shape index (κ1) is 24.8. The summed E-state index contributed by atoms with van der Waals surface area (Å²) < 4.78 is 22.2. The first-order valence-corrected chi connectivity index (χ1v) is 12.3. The van der Waals surface area contributed by atoms with Crippen molar-refractivity contribution in [3.8, 4) is 11.5 Å². The lowest BCUT2D eigenvalue weighted by Crippen LogP contribution is -2.14. The molecule has 6 heteroatoms. The number of rotatable bonds is 10. The van der Waals surface area contributed by atoms with E-state index in [9.17, 15) is 9.59 Å². The van der Waals surface area contributed by atoms with Crippen LogP contribution in [0.15, 0.2) is 109 Å². The van der Waals surface area contributed by atoms with Crippen LogP contribution in [0, 0.1) is 0 Å². The monoisotopic (exact) mass is 506 g/mol. The van der Waals surface area contributed by atoms with E-state index in [0.717, 1.165) is 33.0 Å². The van der Waals surface area contributed by atoms with Crippen LogP contribution in [0.1, 0.15) is 20.7 Å². The van der Waals surface area contributed by atoms with Crippen LogP contribution in [0.25, 0.3) is 21.5 Å². The highest BCUT2D eigenvalue weighted by molar-refractivity contribution is 5.93. The number of carbonyl (C=O) groups is 2. The Kier molecular flexibility index (Phi) is 7.80. The van der Waals surface area contributed by atoms with Crippen LogP contribution in [0.5, 0.6) is 11.5 Å². The van der Waals surface area contributed by atoms with Crippen LogP contribution < -0.4 is 9.47 Å². The minimum atomic E-state index is -0.491. The van der Waals surface area contributed by atoms with Crippen molar-refractivity contribution in [1.82, 2.24) is 0 Å². The lowest BCUT2D eigenvalue weighted by atomic mass is 10.1. The largest absolute Gasteiger partial charge is 0.489 e. The number of hydrogen-bond acceptors (Lipinski definition) is 6. The fraction of sp³-hybridized carbons (Fsp3) is 0.125. The van der Waals surface area contributed by atoms with E-state index >= 15 is 0 Å². The zero-order chi connectivity index (χ0) is 26.2. The first-order chi connectivity index (χ1) is 18.7. The van der Waals surface area contributed by atoms with Gasteiger partial charge in [-0.2, -0.15) is 0 Å². The molecule has 0 bridgehead atoms. The molecule has 5 aromatic carbocycles.